The maximum atomic E-state index is 12.8. The predicted molar refractivity (Wildman–Crippen MR) is 121 cm³/mol. The Morgan fingerprint density at radius 1 is 1.23 bits per heavy atom. The minimum absolute atomic E-state index is 0.229. The number of amides is 1. The molecule has 1 atom stereocenters. The van der Waals surface area contributed by atoms with Crippen LogP contribution in [-0.4, -0.2) is 38.0 Å². The van der Waals surface area contributed by atoms with Crippen molar-refractivity contribution in [3.8, 4) is 11.4 Å². The standard InChI is InChI=1S/C22H21N5O3S/c1-13-9-10-18(30-3)17(11-13)24-20(28)14(2)31-22-25-19-16(21(29)26-22)12-23-27(19)15-7-5-4-6-8-15/h4-12,14H,1-3H3,(H,24,28)(H,25,26,29)/t14-/m1/s1. The second-order valence-electron chi connectivity index (χ2n) is 6.95. The molecule has 0 spiro atoms. The summed E-state index contributed by atoms with van der Waals surface area (Å²) in [5, 5.41) is 7.39. The van der Waals surface area contributed by atoms with Gasteiger partial charge in [-0.1, -0.05) is 36.0 Å². The number of hydrogen-bond donors (Lipinski definition) is 2. The Labute approximate surface area is 182 Å². The topological polar surface area (TPSA) is 102 Å². The number of nitrogens with zero attached hydrogens (tertiary/aromatic N) is 3. The summed E-state index contributed by atoms with van der Waals surface area (Å²) in [5.74, 6) is 0.351. The number of thioether (sulfide) groups is 1. The summed E-state index contributed by atoms with van der Waals surface area (Å²) in [4.78, 5) is 32.6. The van der Waals surface area contributed by atoms with Crippen LogP contribution >= 0.6 is 11.8 Å². The van der Waals surface area contributed by atoms with Gasteiger partial charge in [0.25, 0.3) is 5.56 Å². The zero-order valence-corrected chi connectivity index (χ0v) is 18.1. The second kappa shape index (κ2) is 8.65. The van der Waals surface area contributed by atoms with Crippen LogP contribution in [0.2, 0.25) is 0 Å². The molecule has 2 N–H and O–H groups in total. The first-order valence-corrected chi connectivity index (χ1v) is 10.5. The normalized spacial score (nSPS) is 12.0. The summed E-state index contributed by atoms with van der Waals surface area (Å²) in [5.41, 5.74) is 2.53. The van der Waals surface area contributed by atoms with E-state index in [0.29, 0.717) is 27.6 Å². The quantitative estimate of drug-likeness (QED) is 0.355. The number of fused-ring (bicyclic) bond motifs is 1. The zero-order valence-electron chi connectivity index (χ0n) is 17.2. The molecule has 31 heavy (non-hydrogen) atoms. The molecule has 0 bridgehead atoms. The highest BCUT2D eigenvalue weighted by atomic mass is 32.2. The molecule has 0 unspecified atom stereocenters. The molecule has 1 amide bonds. The maximum absolute atomic E-state index is 12.8. The largest absolute Gasteiger partial charge is 0.495 e. The molecule has 0 saturated heterocycles. The van der Waals surface area contributed by atoms with Crippen molar-refractivity contribution in [1.82, 2.24) is 19.7 Å². The second-order valence-corrected chi connectivity index (χ2v) is 8.28. The zero-order chi connectivity index (χ0) is 22.0. The summed E-state index contributed by atoms with van der Waals surface area (Å²) < 4.78 is 6.93. The van der Waals surface area contributed by atoms with Gasteiger partial charge in [-0.05, 0) is 43.7 Å². The number of para-hydroxylation sites is 1. The van der Waals surface area contributed by atoms with E-state index in [1.165, 1.54) is 6.20 Å². The molecule has 2 heterocycles. The van der Waals surface area contributed by atoms with Crippen LogP contribution in [0, 0.1) is 6.92 Å². The van der Waals surface area contributed by atoms with E-state index in [0.717, 1.165) is 23.0 Å². The Kier molecular flexibility index (Phi) is 5.77. The predicted octanol–water partition coefficient (Wildman–Crippen LogP) is 3.55. The van der Waals surface area contributed by atoms with Crippen LogP contribution in [0.3, 0.4) is 0 Å². The minimum Gasteiger partial charge on any atom is -0.495 e. The molecule has 0 aliphatic rings. The number of methoxy groups -OCH3 is 1. The molecule has 4 rings (SSSR count). The van der Waals surface area contributed by atoms with Crippen molar-refractivity contribution in [2.75, 3.05) is 12.4 Å². The van der Waals surface area contributed by atoms with Gasteiger partial charge in [-0.2, -0.15) is 5.10 Å². The number of aromatic amines is 1. The Hall–Kier alpha value is -3.59. The highest BCUT2D eigenvalue weighted by molar-refractivity contribution is 8.00. The van der Waals surface area contributed by atoms with Crippen LogP contribution < -0.4 is 15.6 Å². The lowest BCUT2D eigenvalue weighted by molar-refractivity contribution is -0.115. The van der Waals surface area contributed by atoms with Crippen molar-refractivity contribution in [3.63, 3.8) is 0 Å². The highest BCUT2D eigenvalue weighted by Gasteiger charge is 2.19. The van der Waals surface area contributed by atoms with Gasteiger partial charge in [0.1, 0.15) is 11.1 Å². The summed E-state index contributed by atoms with van der Waals surface area (Å²) in [6.45, 7) is 3.69. The van der Waals surface area contributed by atoms with E-state index in [4.69, 9.17) is 4.74 Å². The van der Waals surface area contributed by atoms with E-state index < -0.39 is 5.25 Å². The molecule has 8 nitrogen and oxygen atoms in total. The fraction of sp³-hybridized carbons (Fsp3) is 0.182. The molecule has 2 aromatic heterocycles. The average molecular weight is 436 g/mol. The van der Waals surface area contributed by atoms with Gasteiger partial charge >= 0.3 is 0 Å². The van der Waals surface area contributed by atoms with Gasteiger partial charge < -0.3 is 15.0 Å². The number of anilines is 1. The van der Waals surface area contributed by atoms with Crippen LogP contribution in [0.1, 0.15) is 12.5 Å². The van der Waals surface area contributed by atoms with E-state index in [9.17, 15) is 9.59 Å². The third kappa shape index (κ3) is 4.31. The van der Waals surface area contributed by atoms with Gasteiger partial charge in [-0.15, -0.1) is 0 Å². The number of rotatable bonds is 6. The molecule has 0 aliphatic heterocycles. The number of carbonyl (C=O) groups is 1. The Bertz CT molecular complexity index is 1300. The first-order valence-electron chi connectivity index (χ1n) is 9.62. The van der Waals surface area contributed by atoms with E-state index in [1.54, 1.807) is 24.8 Å². The number of benzene rings is 2. The van der Waals surface area contributed by atoms with Crippen LogP contribution in [-0.2, 0) is 4.79 Å². The van der Waals surface area contributed by atoms with Crippen molar-refractivity contribution in [1.29, 1.82) is 0 Å². The third-order valence-corrected chi connectivity index (χ3v) is 5.67. The monoisotopic (exact) mass is 435 g/mol. The molecule has 0 aliphatic carbocycles. The molecule has 158 valence electrons. The van der Waals surface area contributed by atoms with Crippen LogP contribution in [0.5, 0.6) is 5.75 Å². The lowest BCUT2D eigenvalue weighted by Gasteiger charge is -2.14. The van der Waals surface area contributed by atoms with Gasteiger partial charge in [0, 0.05) is 0 Å². The number of aryl methyl sites for hydroxylation is 1. The van der Waals surface area contributed by atoms with Crippen molar-refractivity contribution in [2.24, 2.45) is 0 Å². The fourth-order valence-electron chi connectivity index (χ4n) is 3.09. The Morgan fingerprint density at radius 2 is 2.00 bits per heavy atom. The number of hydrogen-bond acceptors (Lipinski definition) is 6. The Balaban J connectivity index is 1.59. The van der Waals surface area contributed by atoms with E-state index in [2.05, 4.69) is 20.4 Å². The van der Waals surface area contributed by atoms with Gasteiger partial charge in [0.05, 0.1) is 29.9 Å². The van der Waals surface area contributed by atoms with Crippen molar-refractivity contribution >= 4 is 34.4 Å². The number of carbonyl (C=O) groups excluding carboxylic acids is 1. The van der Waals surface area contributed by atoms with Gasteiger partial charge in [0.2, 0.25) is 5.91 Å². The smallest absolute Gasteiger partial charge is 0.262 e. The maximum Gasteiger partial charge on any atom is 0.262 e. The SMILES string of the molecule is COc1ccc(C)cc1NC(=O)[C@@H](C)Sc1nc2c(cnn2-c2ccccc2)c(=O)[nH]1. The van der Waals surface area contributed by atoms with Gasteiger partial charge in [-0.3, -0.25) is 9.59 Å². The van der Waals surface area contributed by atoms with Crippen molar-refractivity contribution in [3.05, 3.63) is 70.6 Å². The van der Waals surface area contributed by atoms with Crippen LogP contribution in [0.4, 0.5) is 5.69 Å². The van der Waals surface area contributed by atoms with Gasteiger partial charge in [0.15, 0.2) is 10.8 Å². The number of nitrogens with one attached hydrogen (secondary N) is 2. The van der Waals surface area contributed by atoms with Gasteiger partial charge in [-0.25, -0.2) is 9.67 Å². The number of aromatic nitrogens is 4. The molecular weight excluding hydrogens is 414 g/mol. The van der Waals surface area contributed by atoms with Crippen molar-refractivity contribution < 1.29 is 9.53 Å². The Morgan fingerprint density at radius 3 is 2.74 bits per heavy atom. The molecule has 2 aromatic carbocycles. The molecular formula is C22H21N5O3S. The fourth-order valence-corrected chi connectivity index (χ4v) is 3.88. The average Bonchev–Trinajstić information content (AvgIpc) is 3.19. The third-order valence-electron chi connectivity index (χ3n) is 4.69. The lowest BCUT2D eigenvalue weighted by Crippen LogP contribution is -2.23. The number of H-pyrrole nitrogens is 1. The number of ether oxygens (including phenoxy) is 1. The van der Waals surface area contributed by atoms with Crippen LogP contribution in [0.15, 0.2) is 64.7 Å². The summed E-state index contributed by atoms with van der Waals surface area (Å²) >= 11 is 1.16. The van der Waals surface area contributed by atoms with E-state index in [-0.39, 0.29) is 11.5 Å². The first kappa shape index (κ1) is 20.7. The minimum atomic E-state index is -0.515. The highest BCUT2D eigenvalue weighted by Crippen LogP contribution is 2.27. The summed E-state index contributed by atoms with van der Waals surface area (Å²) in [7, 11) is 1.55. The lowest BCUT2D eigenvalue weighted by atomic mass is 10.2. The molecule has 0 radical (unpaired) electrons. The molecule has 0 saturated carbocycles. The molecule has 4 aromatic rings. The van der Waals surface area contributed by atoms with Crippen molar-refractivity contribution in [2.45, 2.75) is 24.3 Å². The van der Waals surface area contributed by atoms with Crippen LogP contribution in [0.25, 0.3) is 16.7 Å². The molecule has 9 heteroatoms. The van der Waals surface area contributed by atoms with E-state index >= 15 is 0 Å². The summed E-state index contributed by atoms with van der Waals surface area (Å²) in [6.07, 6.45) is 1.49. The summed E-state index contributed by atoms with van der Waals surface area (Å²) in [6, 6.07) is 15.0. The molecule has 0 fully saturated rings. The first-order chi connectivity index (χ1) is 15.0. The van der Waals surface area contributed by atoms with E-state index in [1.807, 2.05) is 49.4 Å².